The molecule has 90 valence electrons. The van der Waals surface area contributed by atoms with Crippen molar-refractivity contribution in [1.82, 2.24) is 5.48 Å². The van der Waals surface area contributed by atoms with Crippen LogP contribution in [0.25, 0.3) is 0 Å². The van der Waals surface area contributed by atoms with Crippen molar-refractivity contribution in [2.75, 3.05) is 0 Å². The first kappa shape index (κ1) is 13.0. The standard InChI is InChI=1S/C13H27NO/c1-2-3-4-5-6-7-8-9-10-11-12-13-14-15-13/h13-14H,2-12H2,1H3/t13-/m0/s1. The van der Waals surface area contributed by atoms with Crippen molar-refractivity contribution in [1.29, 1.82) is 0 Å². The molecule has 1 heterocycles. The SMILES string of the molecule is CCCCCCCCCCCC[C@H]1NO1. The maximum atomic E-state index is 4.94. The predicted octanol–water partition coefficient (Wildman–Crippen LogP) is 4.16. The molecule has 1 atom stereocenters. The summed E-state index contributed by atoms with van der Waals surface area (Å²) in [5, 5.41) is 0. The van der Waals surface area contributed by atoms with E-state index in [0.717, 1.165) is 0 Å². The third-order valence-corrected chi connectivity index (χ3v) is 3.10. The summed E-state index contributed by atoms with van der Waals surface area (Å²) in [6.45, 7) is 2.28. The Labute approximate surface area is 94.7 Å². The molecule has 0 aromatic rings. The molecule has 0 unspecified atom stereocenters. The molecule has 2 heteroatoms. The topological polar surface area (TPSA) is 34.5 Å². The Morgan fingerprint density at radius 2 is 1.27 bits per heavy atom. The molecule has 0 radical (unpaired) electrons. The van der Waals surface area contributed by atoms with Crippen LogP contribution in [0.5, 0.6) is 0 Å². The zero-order valence-electron chi connectivity index (χ0n) is 10.3. The highest BCUT2D eigenvalue weighted by atomic mass is 16.8. The Morgan fingerprint density at radius 1 is 0.800 bits per heavy atom. The molecule has 1 aliphatic rings. The van der Waals surface area contributed by atoms with Crippen LogP contribution in [0.3, 0.4) is 0 Å². The van der Waals surface area contributed by atoms with E-state index in [-0.39, 0.29) is 0 Å². The molecule has 0 saturated carbocycles. The first-order valence-electron chi connectivity index (χ1n) is 6.84. The zero-order chi connectivity index (χ0) is 10.8. The summed E-state index contributed by atoms with van der Waals surface area (Å²) in [5.41, 5.74) is 2.87. The van der Waals surface area contributed by atoms with Crippen LogP contribution in [0.4, 0.5) is 0 Å². The Bertz CT molecular complexity index is 134. The molecular formula is C13H27NO. The fourth-order valence-corrected chi connectivity index (χ4v) is 1.98. The van der Waals surface area contributed by atoms with Gasteiger partial charge in [-0.15, -0.1) is 0 Å². The molecule has 1 saturated heterocycles. The lowest BCUT2D eigenvalue weighted by molar-refractivity contribution is 0.357. The van der Waals surface area contributed by atoms with Gasteiger partial charge in [0.15, 0.2) is 6.23 Å². The number of unbranched alkanes of at least 4 members (excludes halogenated alkanes) is 9. The van der Waals surface area contributed by atoms with Crippen LogP contribution in [0.1, 0.15) is 77.6 Å². The quantitative estimate of drug-likeness (QED) is 0.413. The molecule has 0 aromatic carbocycles. The lowest BCUT2D eigenvalue weighted by Crippen LogP contribution is -1.89. The fourth-order valence-electron chi connectivity index (χ4n) is 1.98. The number of hydroxylamine groups is 1. The normalized spacial score (nSPS) is 19.4. The minimum atomic E-state index is 0.402. The second kappa shape index (κ2) is 9.17. The van der Waals surface area contributed by atoms with Gasteiger partial charge in [0.1, 0.15) is 0 Å². The molecule has 0 amide bonds. The van der Waals surface area contributed by atoms with Gasteiger partial charge < -0.3 is 0 Å². The van der Waals surface area contributed by atoms with E-state index in [1.165, 1.54) is 70.6 Å². The minimum Gasteiger partial charge on any atom is -0.278 e. The maximum absolute atomic E-state index is 4.94. The number of nitrogens with one attached hydrogen (secondary N) is 1. The number of hydrogen-bond acceptors (Lipinski definition) is 2. The van der Waals surface area contributed by atoms with Crippen molar-refractivity contribution in [3.8, 4) is 0 Å². The van der Waals surface area contributed by atoms with Crippen molar-refractivity contribution >= 4 is 0 Å². The molecule has 0 aliphatic carbocycles. The highest BCUT2D eigenvalue weighted by molar-refractivity contribution is 4.58. The van der Waals surface area contributed by atoms with Gasteiger partial charge in [-0.05, 0) is 12.8 Å². The summed E-state index contributed by atoms with van der Waals surface area (Å²) in [5.74, 6) is 0. The van der Waals surface area contributed by atoms with E-state index in [4.69, 9.17) is 4.84 Å². The summed E-state index contributed by atoms with van der Waals surface area (Å²) in [4.78, 5) is 4.94. The fraction of sp³-hybridized carbons (Fsp3) is 1.00. The highest BCUT2D eigenvalue weighted by Gasteiger charge is 2.20. The average molecular weight is 213 g/mol. The highest BCUT2D eigenvalue weighted by Crippen LogP contribution is 2.14. The molecule has 0 bridgehead atoms. The van der Waals surface area contributed by atoms with E-state index in [1.807, 2.05) is 0 Å². The van der Waals surface area contributed by atoms with E-state index in [1.54, 1.807) is 0 Å². The summed E-state index contributed by atoms with van der Waals surface area (Å²) in [6.07, 6.45) is 15.8. The smallest absolute Gasteiger partial charge is 0.151 e. The van der Waals surface area contributed by atoms with Crippen molar-refractivity contribution in [3.05, 3.63) is 0 Å². The molecule has 1 aliphatic heterocycles. The first-order valence-corrected chi connectivity index (χ1v) is 6.84. The van der Waals surface area contributed by atoms with Gasteiger partial charge in [-0.2, -0.15) is 5.48 Å². The van der Waals surface area contributed by atoms with Crippen LogP contribution < -0.4 is 5.48 Å². The van der Waals surface area contributed by atoms with Gasteiger partial charge in [0.25, 0.3) is 0 Å². The third kappa shape index (κ3) is 8.88. The molecule has 0 aromatic heterocycles. The average Bonchev–Trinajstić information content (AvgIpc) is 3.05. The van der Waals surface area contributed by atoms with Crippen LogP contribution in [-0.4, -0.2) is 6.23 Å². The van der Waals surface area contributed by atoms with E-state index in [9.17, 15) is 0 Å². The van der Waals surface area contributed by atoms with Crippen molar-refractivity contribution in [2.24, 2.45) is 0 Å². The summed E-state index contributed by atoms with van der Waals surface area (Å²) < 4.78 is 0. The molecule has 0 spiro atoms. The molecule has 1 N–H and O–H groups in total. The molecule has 1 rings (SSSR count). The summed E-state index contributed by atoms with van der Waals surface area (Å²) >= 11 is 0. The Kier molecular flexibility index (Phi) is 7.94. The van der Waals surface area contributed by atoms with Gasteiger partial charge >= 0.3 is 0 Å². The zero-order valence-corrected chi connectivity index (χ0v) is 10.3. The van der Waals surface area contributed by atoms with E-state index >= 15 is 0 Å². The summed E-state index contributed by atoms with van der Waals surface area (Å²) in [6, 6.07) is 0. The van der Waals surface area contributed by atoms with Gasteiger partial charge in [-0.25, -0.2) is 0 Å². The van der Waals surface area contributed by atoms with Crippen LogP contribution in [-0.2, 0) is 4.84 Å². The van der Waals surface area contributed by atoms with E-state index in [2.05, 4.69) is 12.4 Å². The van der Waals surface area contributed by atoms with Crippen molar-refractivity contribution in [2.45, 2.75) is 83.8 Å². The molecular weight excluding hydrogens is 186 g/mol. The Hall–Kier alpha value is -0.0800. The van der Waals surface area contributed by atoms with Gasteiger partial charge in [0.05, 0.1) is 0 Å². The minimum absolute atomic E-state index is 0.402. The van der Waals surface area contributed by atoms with Gasteiger partial charge in [0.2, 0.25) is 0 Å². The Morgan fingerprint density at radius 3 is 1.73 bits per heavy atom. The van der Waals surface area contributed by atoms with Gasteiger partial charge in [-0.1, -0.05) is 64.7 Å². The Balaban J connectivity index is 1.62. The largest absolute Gasteiger partial charge is 0.278 e. The molecule has 1 fully saturated rings. The first-order chi connectivity index (χ1) is 7.43. The van der Waals surface area contributed by atoms with Gasteiger partial charge in [0, 0.05) is 0 Å². The molecule has 15 heavy (non-hydrogen) atoms. The third-order valence-electron chi connectivity index (χ3n) is 3.10. The van der Waals surface area contributed by atoms with Crippen LogP contribution in [0, 0.1) is 0 Å². The molecule has 2 nitrogen and oxygen atoms in total. The monoisotopic (exact) mass is 213 g/mol. The van der Waals surface area contributed by atoms with Crippen LogP contribution in [0.15, 0.2) is 0 Å². The lowest BCUT2D eigenvalue weighted by atomic mass is 10.1. The maximum Gasteiger partial charge on any atom is 0.151 e. The van der Waals surface area contributed by atoms with Gasteiger partial charge in [-0.3, -0.25) is 4.84 Å². The second-order valence-corrected chi connectivity index (χ2v) is 4.69. The predicted molar refractivity (Wildman–Crippen MR) is 64.5 cm³/mol. The van der Waals surface area contributed by atoms with E-state index in [0.29, 0.717) is 6.23 Å². The van der Waals surface area contributed by atoms with Crippen LogP contribution in [0.2, 0.25) is 0 Å². The number of rotatable bonds is 11. The summed E-state index contributed by atoms with van der Waals surface area (Å²) in [7, 11) is 0. The van der Waals surface area contributed by atoms with Crippen molar-refractivity contribution in [3.63, 3.8) is 0 Å². The van der Waals surface area contributed by atoms with Crippen molar-refractivity contribution < 1.29 is 4.84 Å². The van der Waals surface area contributed by atoms with Crippen LogP contribution >= 0.6 is 0 Å². The lowest BCUT2D eigenvalue weighted by Gasteiger charge is -2.01. The number of hydrogen-bond donors (Lipinski definition) is 1. The van der Waals surface area contributed by atoms with E-state index < -0.39 is 0 Å². The second-order valence-electron chi connectivity index (χ2n) is 4.69.